The molecule has 0 aliphatic carbocycles. The normalized spacial score (nSPS) is 27.7. The van der Waals surface area contributed by atoms with Gasteiger partial charge < -0.3 is 89.0 Å². The van der Waals surface area contributed by atoms with Gasteiger partial charge >= 0.3 is 5.97 Å². The number of aromatic hydroxyl groups is 5. The van der Waals surface area contributed by atoms with E-state index in [-0.39, 0.29) is 22.6 Å². The van der Waals surface area contributed by atoms with Crippen LogP contribution in [0.2, 0.25) is 0 Å². The smallest absolute Gasteiger partial charge is 0.330 e. The number of carbonyl (C=O) groups is 1. The zero-order chi connectivity index (χ0) is 41.3. The topological polar surface area (TPSA) is 325 Å². The maximum atomic E-state index is 14.0. The largest absolute Gasteiger partial charge is 0.508 e. The number of phenols is 5. The number of hydrogen-bond donors (Lipinski definition) is 11. The Morgan fingerprint density at radius 2 is 1.49 bits per heavy atom. The van der Waals surface area contributed by atoms with Crippen molar-refractivity contribution in [2.45, 2.75) is 61.4 Å². The van der Waals surface area contributed by atoms with E-state index in [1.807, 2.05) is 0 Å². The van der Waals surface area contributed by atoms with E-state index in [1.54, 1.807) is 0 Å². The van der Waals surface area contributed by atoms with Crippen LogP contribution in [0.15, 0.2) is 63.8 Å². The minimum Gasteiger partial charge on any atom is -0.508 e. The molecule has 20 nitrogen and oxygen atoms in total. The molecule has 2 aliphatic heterocycles. The lowest BCUT2D eigenvalue weighted by Gasteiger charge is -2.45. The molecule has 6 rings (SSSR count). The molecule has 0 saturated carbocycles. The summed E-state index contributed by atoms with van der Waals surface area (Å²) in [5.41, 5.74) is -1.17. The SMILES string of the molecule is COc1cc(O)ccc1C=CC(=O)OC[C@H]1O[C@@H](O[C@H]2[C@H](Oc3c(-c4ccc(O)c(O)c4)oc4cc(O)cc(O)c4c3=O)O[C@H](CO)[C@H](O)[C@@H]2O)[C@H](O)[C@@H](O)[C@@H]1O. The van der Waals surface area contributed by atoms with Crippen LogP contribution in [0, 0.1) is 0 Å². The highest BCUT2D eigenvalue weighted by molar-refractivity contribution is 5.89. The van der Waals surface area contributed by atoms with E-state index in [4.69, 9.17) is 32.8 Å². The van der Waals surface area contributed by atoms with Crippen LogP contribution in [0.3, 0.4) is 0 Å². The summed E-state index contributed by atoms with van der Waals surface area (Å²) in [4.78, 5) is 26.5. The summed E-state index contributed by atoms with van der Waals surface area (Å²) in [6.07, 6.45) is -16.7. The van der Waals surface area contributed by atoms with Gasteiger partial charge in [-0.3, -0.25) is 4.79 Å². The summed E-state index contributed by atoms with van der Waals surface area (Å²) >= 11 is 0. The van der Waals surface area contributed by atoms with Crippen LogP contribution in [-0.2, 0) is 23.7 Å². The van der Waals surface area contributed by atoms with Gasteiger partial charge in [-0.25, -0.2) is 4.79 Å². The maximum absolute atomic E-state index is 14.0. The molecule has 11 N–H and O–H groups in total. The fraction of sp³-hybridized carbons (Fsp3) is 0.351. The third kappa shape index (κ3) is 8.39. The Balaban J connectivity index is 1.29. The molecule has 57 heavy (non-hydrogen) atoms. The number of benzene rings is 3. The van der Waals surface area contributed by atoms with Crippen LogP contribution < -0.4 is 14.9 Å². The summed E-state index contributed by atoms with van der Waals surface area (Å²) in [5.74, 6) is -4.52. The Labute approximate surface area is 320 Å². The van der Waals surface area contributed by atoms with Crippen molar-refractivity contribution < 1.29 is 93.8 Å². The van der Waals surface area contributed by atoms with Crippen LogP contribution in [0.4, 0.5) is 0 Å². The third-order valence-corrected chi connectivity index (χ3v) is 9.18. The molecule has 0 amide bonds. The van der Waals surface area contributed by atoms with Gasteiger partial charge in [0.05, 0.1) is 13.7 Å². The van der Waals surface area contributed by atoms with Gasteiger partial charge in [0.1, 0.15) is 83.3 Å². The summed E-state index contributed by atoms with van der Waals surface area (Å²) in [5, 5.41) is 114. The van der Waals surface area contributed by atoms with Gasteiger partial charge in [0, 0.05) is 35.4 Å². The molecule has 4 aromatic rings. The van der Waals surface area contributed by atoms with Crippen molar-refractivity contribution in [1.29, 1.82) is 0 Å². The molecule has 0 spiro atoms. The van der Waals surface area contributed by atoms with Gasteiger partial charge in [-0.05, 0) is 36.4 Å². The Bertz CT molecular complexity index is 2180. The van der Waals surface area contributed by atoms with Gasteiger partial charge in [-0.2, -0.15) is 0 Å². The Morgan fingerprint density at radius 3 is 2.19 bits per heavy atom. The van der Waals surface area contributed by atoms with Crippen molar-refractivity contribution in [1.82, 2.24) is 0 Å². The van der Waals surface area contributed by atoms with E-state index in [0.29, 0.717) is 5.56 Å². The first-order valence-electron chi connectivity index (χ1n) is 17.0. The molecular weight excluding hydrogens is 764 g/mol. The molecule has 0 bridgehead atoms. The molecule has 3 aromatic carbocycles. The first-order chi connectivity index (χ1) is 27.1. The number of hydrogen-bond acceptors (Lipinski definition) is 20. The van der Waals surface area contributed by atoms with Crippen molar-refractivity contribution in [3.05, 3.63) is 70.4 Å². The number of phenolic OH excluding ortho intramolecular Hbond substituents is 5. The number of aliphatic hydroxyl groups excluding tert-OH is 6. The molecular formula is C37H38O20. The van der Waals surface area contributed by atoms with Gasteiger partial charge in [0.2, 0.25) is 17.5 Å². The number of esters is 1. The summed E-state index contributed by atoms with van der Waals surface area (Å²) in [6.45, 7) is -1.63. The average molecular weight is 803 g/mol. The highest BCUT2D eigenvalue weighted by atomic mass is 16.8. The Hall–Kier alpha value is -5.68. The van der Waals surface area contributed by atoms with Gasteiger partial charge in [0.15, 0.2) is 29.7 Å². The van der Waals surface area contributed by atoms with Gasteiger partial charge in [-0.15, -0.1) is 0 Å². The summed E-state index contributed by atoms with van der Waals surface area (Å²) in [7, 11) is 1.35. The van der Waals surface area contributed by atoms with E-state index in [1.165, 1.54) is 37.5 Å². The second-order valence-electron chi connectivity index (χ2n) is 13.0. The predicted octanol–water partition coefficient (Wildman–Crippen LogP) is -0.736. The number of ether oxygens (including phenoxy) is 6. The zero-order valence-electron chi connectivity index (χ0n) is 29.6. The molecule has 0 radical (unpaired) electrons. The molecule has 3 heterocycles. The van der Waals surface area contributed by atoms with Crippen molar-refractivity contribution in [2.75, 3.05) is 20.3 Å². The number of methoxy groups -OCH3 is 1. The van der Waals surface area contributed by atoms with Crippen molar-refractivity contribution >= 4 is 23.0 Å². The molecule has 306 valence electrons. The van der Waals surface area contributed by atoms with Crippen LogP contribution in [0.1, 0.15) is 5.56 Å². The number of carbonyl (C=O) groups excluding carboxylic acids is 1. The lowest BCUT2D eigenvalue weighted by molar-refractivity contribution is -0.358. The van der Waals surface area contributed by atoms with E-state index in [9.17, 15) is 65.8 Å². The quantitative estimate of drug-likeness (QED) is 0.0505. The predicted molar refractivity (Wildman–Crippen MR) is 189 cm³/mol. The molecule has 2 saturated heterocycles. The highest BCUT2D eigenvalue weighted by Crippen LogP contribution is 2.40. The zero-order valence-corrected chi connectivity index (χ0v) is 29.6. The number of rotatable bonds is 11. The van der Waals surface area contributed by atoms with E-state index in [0.717, 1.165) is 30.3 Å². The Kier molecular flexibility index (Phi) is 12.1. The third-order valence-electron chi connectivity index (χ3n) is 9.18. The molecule has 10 atom stereocenters. The number of fused-ring (bicyclic) bond motifs is 1. The van der Waals surface area contributed by atoms with Crippen molar-refractivity contribution in [3.63, 3.8) is 0 Å². The first-order valence-corrected chi connectivity index (χ1v) is 17.0. The van der Waals surface area contributed by atoms with Gasteiger partial charge in [0.25, 0.3) is 0 Å². The van der Waals surface area contributed by atoms with E-state index >= 15 is 0 Å². The summed E-state index contributed by atoms with van der Waals surface area (Å²) < 4.78 is 39.2. The average Bonchev–Trinajstić information content (AvgIpc) is 3.18. The maximum Gasteiger partial charge on any atom is 0.330 e. The van der Waals surface area contributed by atoms with Crippen LogP contribution in [0.5, 0.6) is 40.2 Å². The lowest BCUT2D eigenvalue weighted by atomic mass is 9.97. The standard InChI is InChI=1S/C37H38O20/c1-51-21-10-16(39)5-2-14(21)4-7-25(44)52-13-24-28(46)30(48)32(50)36(55-24)57-35-31(49)27(45)23(12-38)54-37(35)56-34-29(47)26-20(43)9-17(40)11-22(26)53-33(34)15-3-6-18(41)19(42)8-15/h2-11,23-24,27-28,30-32,35-43,45-46,48-50H,12-13H2,1H3/t23-,24-,27+,28-,30+,31+,32-,35-,36+,37+/m1/s1. The van der Waals surface area contributed by atoms with Crippen LogP contribution >= 0.6 is 0 Å². The monoisotopic (exact) mass is 802 g/mol. The second kappa shape index (κ2) is 16.8. The van der Waals surface area contributed by atoms with E-state index in [2.05, 4.69) is 0 Å². The van der Waals surface area contributed by atoms with Crippen molar-refractivity contribution in [3.8, 4) is 51.6 Å². The highest BCUT2D eigenvalue weighted by Gasteiger charge is 2.52. The summed E-state index contributed by atoms with van der Waals surface area (Å²) in [6, 6.07) is 9.18. The fourth-order valence-corrected chi connectivity index (χ4v) is 6.17. The number of aliphatic hydroxyl groups is 6. The van der Waals surface area contributed by atoms with Gasteiger partial charge in [-0.1, -0.05) is 0 Å². The second-order valence-corrected chi connectivity index (χ2v) is 13.0. The Morgan fingerprint density at radius 1 is 0.772 bits per heavy atom. The first kappa shape index (κ1) is 41.0. The lowest BCUT2D eigenvalue weighted by Crippen LogP contribution is -2.65. The van der Waals surface area contributed by atoms with Crippen molar-refractivity contribution in [2.24, 2.45) is 0 Å². The molecule has 20 heteroatoms. The molecule has 2 fully saturated rings. The fourth-order valence-electron chi connectivity index (χ4n) is 6.17. The van der Waals surface area contributed by atoms with Crippen LogP contribution in [-0.4, -0.2) is 144 Å². The van der Waals surface area contributed by atoms with Crippen LogP contribution in [0.25, 0.3) is 28.4 Å². The minimum absolute atomic E-state index is 0.0815. The molecule has 0 unspecified atom stereocenters. The minimum atomic E-state index is -2.07. The van der Waals surface area contributed by atoms with E-state index < -0.39 is 126 Å². The molecule has 1 aromatic heterocycles. The molecule has 2 aliphatic rings.